The Morgan fingerprint density at radius 2 is 1.26 bits per heavy atom. The molecule has 4 aromatic heterocycles. The van der Waals surface area contributed by atoms with Crippen LogP contribution in [0, 0.1) is 6.92 Å². The number of allylic oxidation sites excluding steroid dienone is 2. The SMILES string of the molecule is C=C/C=C\c1cc2c(cc1C)sc1c2c2ccccc2c2c3ccccc3n(-c3nc4c(nc3-c3ccc(-c5ccccc5)cc3)sc3ccccc34)c12. The van der Waals surface area contributed by atoms with Gasteiger partial charge in [0, 0.05) is 41.9 Å². The zero-order valence-electron chi connectivity index (χ0n) is 29.4. The molecule has 7 aromatic carbocycles. The minimum Gasteiger partial charge on any atom is -0.290 e. The van der Waals surface area contributed by atoms with Crippen LogP contribution in [0.15, 0.2) is 158 Å². The number of benzene rings is 7. The molecule has 0 atom stereocenters. The number of rotatable bonds is 5. The first-order chi connectivity index (χ1) is 26.7. The minimum absolute atomic E-state index is 0.838. The molecule has 0 saturated carbocycles. The lowest BCUT2D eigenvalue weighted by atomic mass is 9.97. The first-order valence-corrected chi connectivity index (χ1v) is 19.7. The highest BCUT2D eigenvalue weighted by atomic mass is 32.1. The molecule has 0 radical (unpaired) electrons. The van der Waals surface area contributed by atoms with Crippen LogP contribution in [0.2, 0.25) is 0 Å². The summed E-state index contributed by atoms with van der Waals surface area (Å²) in [5.74, 6) is 0.838. The van der Waals surface area contributed by atoms with Gasteiger partial charge < -0.3 is 0 Å². The first kappa shape index (κ1) is 31.2. The maximum absolute atomic E-state index is 5.66. The average Bonchev–Trinajstić information content (AvgIpc) is 3.89. The van der Waals surface area contributed by atoms with E-state index < -0.39 is 0 Å². The number of nitrogens with zero attached hydrogens (tertiary/aromatic N) is 3. The van der Waals surface area contributed by atoms with Crippen molar-refractivity contribution >= 4 is 102 Å². The lowest BCUT2D eigenvalue weighted by molar-refractivity contribution is 1.09. The molecule has 0 unspecified atom stereocenters. The normalized spacial score (nSPS) is 12.2. The van der Waals surface area contributed by atoms with E-state index in [9.17, 15) is 0 Å². The Morgan fingerprint density at radius 1 is 0.593 bits per heavy atom. The van der Waals surface area contributed by atoms with Crippen LogP contribution in [-0.2, 0) is 0 Å². The van der Waals surface area contributed by atoms with Crippen molar-refractivity contribution < 1.29 is 0 Å². The molecular weight excluding hydrogens is 695 g/mol. The Balaban J connectivity index is 1.31. The minimum atomic E-state index is 0.838. The van der Waals surface area contributed by atoms with E-state index in [1.54, 1.807) is 11.3 Å². The Bertz CT molecular complexity index is 3340. The highest BCUT2D eigenvalue weighted by Gasteiger charge is 2.25. The highest BCUT2D eigenvalue weighted by molar-refractivity contribution is 7.27. The van der Waals surface area contributed by atoms with E-state index in [0.29, 0.717) is 0 Å². The van der Waals surface area contributed by atoms with E-state index in [1.807, 2.05) is 23.5 Å². The fourth-order valence-corrected chi connectivity index (χ4v) is 10.6. The van der Waals surface area contributed by atoms with Gasteiger partial charge in [-0.2, -0.15) is 0 Å². The van der Waals surface area contributed by atoms with Crippen molar-refractivity contribution in [2.45, 2.75) is 6.92 Å². The molecule has 0 spiro atoms. The molecule has 0 N–H and O–H groups in total. The third-order valence-corrected chi connectivity index (χ3v) is 12.9. The van der Waals surface area contributed by atoms with Crippen LogP contribution in [0.25, 0.3) is 107 Å². The van der Waals surface area contributed by atoms with Crippen LogP contribution in [0.5, 0.6) is 0 Å². The largest absolute Gasteiger partial charge is 0.290 e. The van der Waals surface area contributed by atoms with Crippen LogP contribution in [0.4, 0.5) is 0 Å². The van der Waals surface area contributed by atoms with Gasteiger partial charge in [0.1, 0.15) is 16.0 Å². The van der Waals surface area contributed by atoms with Gasteiger partial charge in [-0.25, -0.2) is 9.97 Å². The molecular formula is C49H31N3S2. The third kappa shape index (κ3) is 4.59. The fourth-order valence-electron chi connectivity index (χ4n) is 8.23. The number of aryl methyl sites for hydroxylation is 1. The van der Waals surface area contributed by atoms with Gasteiger partial charge in [0.25, 0.3) is 0 Å². The van der Waals surface area contributed by atoms with Crippen LogP contribution in [0.1, 0.15) is 11.1 Å². The van der Waals surface area contributed by atoms with Crippen molar-refractivity contribution in [1.29, 1.82) is 0 Å². The highest BCUT2D eigenvalue weighted by Crippen LogP contribution is 2.49. The summed E-state index contributed by atoms with van der Waals surface area (Å²) in [4.78, 5) is 12.1. The van der Waals surface area contributed by atoms with Crippen LogP contribution < -0.4 is 0 Å². The fraction of sp³-hybridized carbons (Fsp3) is 0.0204. The third-order valence-electron chi connectivity index (χ3n) is 10.7. The van der Waals surface area contributed by atoms with Crippen LogP contribution in [0.3, 0.4) is 0 Å². The lowest BCUT2D eigenvalue weighted by Gasteiger charge is -2.14. The van der Waals surface area contributed by atoms with Crippen molar-refractivity contribution in [3.05, 3.63) is 169 Å². The molecule has 11 aromatic rings. The van der Waals surface area contributed by atoms with Crippen molar-refractivity contribution in [3.63, 3.8) is 0 Å². The molecule has 0 amide bonds. The van der Waals surface area contributed by atoms with Gasteiger partial charge >= 0.3 is 0 Å². The molecule has 0 aliphatic carbocycles. The summed E-state index contributed by atoms with van der Waals surface area (Å²) in [5, 5.41) is 8.62. The molecule has 0 bridgehead atoms. The first-order valence-electron chi connectivity index (χ1n) is 18.1. The summed E-state index contributed by atoms with van der Waals surface area (Å²) >= 11 is 3.58. The van der Waals surface area contributed by atoms with Crippen molar-refractivity contribution in [3.8, 4) is 28.2 Å². The Kier molecular flexibility index (Phi) is 6.96. The van der Waals surface area contributed by atoms with Crippen molar-refractivity contribution in [2.75, 3.05) is 0 Å². The lowest BCUT2D eigenvalue weighted by Crippen LogP contribution is -2.03. The predicted octanol–water partition coefficient (Wildman–Crippen LogP) is 14.3. The second kappa shape index (κ2) is 12.1. The summed E-state index contributed by atoms with van der Waals surface area (Å²) in [5.41, 5.74) is 9.93. The molecule has 5 heteroatoms. The molecule has 0 aliphatic heterocycles. The van der Waals surface area contributed by atoms with Gasteiger partial charge in [-0.3, -0.25) is 4.57 Å². The summed E-state index contributed by atoms with van der Waals surface area (Å²) in [6, 6.07) is 50.3. The van der Waals surface area contributed by atoms with Crippen molar-refractivity contribution in [1.82, 2.24) is 14.5 Å². The second-order valence-electron chi connectivity index (χ2n) is 13.8. The number of hydrogen-bond acceptors (Lipinski definition) is 4. The van der Waals surface area contributed by atoms with Gasteiger partial charge in [-0.05, 0) is 64.2 Å². The van der Waals surface area contributed by atoms with Gasteiger partial charge in [0.15, 0.2) is 5.82 Å². The quantitative estimate of drug-likeness (QED) is 0.165. The maximum atomic E-state index is 5.66. The topological polar surface area (TPSA) is 30.7 Å². The summed E-state index contributed by atoms with van der Waals surface area (Å²) in [7, 11) is 0. The Hall–Kier alpha value is -6.40. The molecule has 254 valence electrons. The average molecular weight is 726 g/mol. The number of thiophene rings is 2. The van der Waals surface area contributed by atoms with Gasteiger partial charge in [-0.15, -0.1) is 22.7 Å². The van der Waals surface area contributed by atoms with Gasteiger partial charge in [0.05, 0.1) is 15.7 Å². The number of hydrogen-bond donors (Lipinski definition) is 0. The second-order valence-corrected chi connectivity index (χ2v) is 15.9. The van der Waals surface area contributed by atoms with Gasteiger partial charge in [-0.1, -0.05) is 140 Å². The monoisotopic (exact) mass is 725 g/mol. The van der Waals surface area contributed by atoms with E-state index >= 15 is 0 Å². The summed E-state index contributed by atoms with van der Waals surface area (Å²) < 4.78 is 6.13. The van der Waals surface area contributed by atoms with E-state index in [1.165, 1.54) is 74.2 Å². The Labute approximate surface area is 319 Å². The molecule has 0 saturated heterocycles. The molecule has 4 heterocycles. The number of aromatic nitrogens is 3. The van der Waals surface area contributed by atoms with E-state index in [0.717, 1.165) is 38.3 Å². The predicted molar refractivity (Wildman–Crippen MR) is 234 cm³/mol. The number of para-hydroxylation sites is 1. The summed E-state index contributed by atoms with van der Waals surface area (Å²) in [6.45, 7) is 6.12. The standard InChI is InChI=1S/C49H31N3S2/c1-3-4-14-33-28-38-41(27-29(33)2)53-47-43(38)35-18-9-8-17-34(35)42-36-19-10-12-21-39(36)52(46(42)47)48-44(32-25-23-31(24-26-32)30-15-6-5-7-16-30)51-49-45(50-48)37-20-11-13-22-40(37)54-49/h3-28H,1H2,2H3/b14-4-. The molecule has 11 rings (SSSR count). The molecule has 0 fully saturated rings. The molecule has 54 heavy (non-hydrogen) atoms. The summed E-state index contributed by atoms with van der Waals surface area (Å²) in [6.07, 6.45) is 6.02. The van der Waals surface area contributed by atoms with Gasteiger partial charge in [0.2, 0.25) is 0 Å². The molecule has 3 nitrogen and oxygen atoms in total. The Morgan fingerprint density at radius 3 is 2.06 bits per heavy atom. The molecule has 0 aliphatic rings. The zero-order valence-corrected chi connectivity index (χ0v) is 31.0. The number of fused-ring (bicyclic) bond motifs is 13. The zero-order chi connectivity index (χ0) is 35.9. The van der Waals surface area contributed by atoms with Crippen LogP contribution >= 0.6 is 22.7 Å². The maximum Gasteiger partial charge on any atom is 0.165 e. The van der Waals surface area contributed by atoms with E-state index in [4.69, 9.17) is 9.97 Å². The van der Waals surface area contributed by atoms with Crippen molar-refractivity contribution in [2.24, 2.45) is 0 Å². The smallest absolute Gasteiger partial charge is 0.165 e. The van der Waals surface area contributed by atoms with E-state index in [2.05, 4.69) is 164 Å². The van der Waals surface area contributed by atoms with E-state index in [-0.39, 0.29) is 0 Å². The van der Waals surface area contributed by atoms with Crippen LogP contribution in [-0.4, -0.2) is 14.5 Å².